The molecule has 0 bridgehead atoms. The minimum absolute atomic E-state index is 0.144. The second-order valence-electron chi connectivity index (χ2n) is 5.47. The number of carbonyl (C=O) groups excluding carboxylic acids is 1. The monoisotopic (exact) mass is 426 g/mol. The maximum absolute atomic E-state index is 12.2. The van der Waals surface area contributed by atoms with Crippen molar-refractivity contribution in [2.45, 2.75) is 12.7 Å². The van der Waals surface area contributed by atoms with Gasteiger partial charge in [0.05, 0.1) is 10.7 Å². The fourth-order valence-electron chi connectivity index (χ4n) is 2.21. The molecule has 0 fully saturated rings. The van der Waals surface area contributed by atoms with Crippen LogP contribution in [-0.4, -0.2) is 25.0 Å². The van der Waals surface area contributed by atoms with Gasteiger partial charge in [0.25, 0.3) is 5.69 Å². The van der Waals surface area contributed by atoms with E-state index in [1.807, 2.05) is 0 Å². The van der Waals surface area contributed by atoms with Gasteiger partial charge in [0, 0.05) is 21.8 Å². The number of nitrogens with one attached hydrogen (secondary N) is 1. The number of benzene rings is 2. The van der Waals surface area contributed by atoms with Crippen LogP contribution in [0.5, 0.6) is 0 Å². The lowest BCUT2D eigenvalue weighted by atomic mass is 10.2. The van der Waals surface area contributed by atoms with Gasteiger partial charge in [0.1, 0.15) is 5.75 Å². The van der Waals surface area contributed by atoms with Gasteiger partial charge >= 0.3 is 0 Å². The highest BCUT2D eigenvalue weighted by molar-refractivity contribution is 9.10. The van der Waals surface area contributed by atoms with Gasteiger partial charge in [-0.25, -0.2) is 8.42 Å². The summed E-state index contributed by atoms with van der Waals surface area (Å²) in [7, 11) is -3.67. The fourth-order valence-corrected chi connectivity index (χ4v) is 3.92. The molecule has 1 N–H and O–H groups in total. The first-order chi connectivity index (χ1) is 11.7. The molecule has 0 atom stereocenters. The topological polar surface area (TPSA) is 106 Å². The van der Waals surface area contributed by atoms with E-state index < -0.39 is 26.4 Å². The van der Waals surface area contributed by atoms with E-state index in [2.05, 4.69) is 21.2 Å². The first kappa shape index (κ1) is 19.1. The number of nitro benzene ring substituents is 1. The number of aryl methyl sites for hydroxylation is 1. The predicted molar refractivity (Wildman–Crippen MR) is 98.1 cm³/mol. The van der Waals surface area contributed by atoms with Gasteiger partial charge in [-0.3, -0.25) is 14.9 Å². The molecular formula is C16H15BrN2O5S. The highest BCUT2D eigenvalue weighted by Crippen LogP contribution is 2.22. The largest absolute Gasteiger partial charge is 0.325 e. The molecule has 132 valence electrons. The minimum atomic E-state index is -3.67. The maximum atomic E-state index is 12.2. The van der Waals surface area contributed by atoms with Crippen LogP contribution in [-0.2, 0) is 20.4 Å². The molecule has 0 unspecified atom stereocenters. The van der Waals surface area contributed by atoms with E-state index >= 15 is 0 Å². The SMILES string of the molecule is Cc1ccc(NC(=O)CS(=O)(=O)Cc2cccc(Br)c2)cc1[N+](=O)[O-]. The molecule has 0 aromatic heterocycles. The standard InChI is InChI=1S/C16H15BrN2O5S/c1-11-5-6-14(8-15(11)19(21)22)18-16(20)10-25(23,24)9-12-3-2-4-13(17)7-12/h2-8H,9-10H2,1H3,(H,18,20). The van der Waals surface area contributed by atoms with E-state index in [4.69, 9.17) is 0 Å². The summed E-state index contributed by atoms with van der Waals surface area (Å²) in [6.45, 7) is 1.58. The number of hydrogen-bond donors (Lipinski definition) is 1. The van der Waals surface area contributed by atoms with Crippen molar-refractivity contribution in [2.75, 3.05) is 11.1 Å². The molecule has 0 saturated heterocycles. The van der Waals surface area contributed by atoms with Crippen LogP contribution < -0.4 is 5.32 Å². The molecule has 0 radical (unpaired) electrons. The summed E-state index contributed by atoms with van der Waals surface area (Å²) in [4.78, 5) is 22.3. The van der Waals surface area contributed by atoms with Crippen molar-refractivity contribution in [1.82, 2.24) is 0 Å². The number of rotatable bonds is 6. The molecule has 1 amide bonds. The zero-order chi connectivity index (χ0) is 18.6. The van der Waals surface area contributed by atoms with E-state index in [1.165, 1.54) is 18.2 Å². The third kappa shape index (κ3) is 5.64. The van der Waals surface area contributed by atoms with Crippen LogP contribution in [0.4, 0.5) is 11.4 Å². The van der Waals surface area contributed by atoms with Crippen LogP contribution in [0.3, 0.4) is 0 Å². The summed E-state index contributed by atoms with van der Waals surface area (Å²) in [5.74, 6) is -1.72. The Morgan fingerprint density at radius 1 is 1.24 bits per heavy atom. The molecule has 2 rings (SSSR count). The Balaban J connectivity index is 2.06. The number of halogens is 1. The summed E-state index contributed by atoms with van der Waals surface area (Å²) in [6.07, 6.45) is 0. The van der Waals surface area contributed by atoms with E-state index in [1.54, 1.807) is 31.2 Å². The van der Waals surface area contributed by atoms with Crippen LogP contribution in [0.15, 0.2) is 46.9 Å². The summed E-state index contributed by atoms with van der Waals surface area (Å²) in [5.41, 5.74) is 1.05. The average molecular weight is 427 g/mol. The molecule has 0 aliphatic rings. The number of sulfone groups is 1. The Kier molecular flexibility index (Phi) is 5.91. The number of nitrogens with zero attached hydrogens (tertiary/aromatic N) is 1. The molecule has 0 saturated carbocycles. The van der Waals surface area contributed by atoms with Crippen molar-refractivity contribution in [2.24, 2.45) is 0 Å². The number of carbonyl (C=O) groups is 1. The molecule has 0 aliphatic carbocycles. The molecule has 0 aliphatic heterocycles. The highest BCUT2D eigenvalue weighted by atomic mass is 79.9. The Labute approximate surface area is 153 Å². The Morgan fingerprint density at radius 3 is 2.60 bits per heavy atom. The number of amides is 1. The van der Waals surface area contributed by atoms with Crippen molar-refractivity contribution in [3.05, 3.63) is 68.2 Å². The summed E-state index contributed by atoms with van der Waals surface area (Å²) >= 11 is 3.26. The van der Waals surface area contributed by atoms with Gasteiger partial charge in [-0.1, -0.05) is 34.1 Å². The molecule has 0 heterocycles. The molecule has 25 heavy (non-hydrogen) atoms. The second-order valence-corrected chi connectivity index (χ2v) is 8.45. The average Bonchev–Trinajstić information content (AvgIpc) is 2.47. The van der Waals surface area contributed by atoms with Crippen molar-refractivity contribution in [1.29, 1.82) is 0 Å². The zero-order valence-electron chi connectivity index (χ0n) is 13.2. The van der Waals surface area contributed by atoms with Crippen molar-refractivity contribution < 1.29 is 18.1 Å². The van der Waals surface area contributed by atoms with Gasteiger partial charge in [-0.15, -0.1) is 0 Å². The van der Waals surface area contributed by atoms with Crippen LogP contribution in [0, 0.1) is 17.0 Å². The number of hydrogen-bond acceptors (Lipinski definition) is 5. The lowest BCUT2D eigenvalue weighted by molar-refractivity contribution is -0.385. The van der Waals surface area contributed by atoms with Crippen molar-refractivity contribution in [3.63, 3.8) is 0 Å². The first-order valence-corrected chi connectivity index (χ1v) is 9.77. The molecule has 2 aromatic carbocycles. The van der Waals surface area contributed by atoms with Gasteiger partial charge in [0.15, 0.2) is 9.84 Å². The van der Waals surface area contributed by atoms with Gasteiger partial charge in [-0.2, -0.15) is 0 Å². The Morgan fingerprint density at radius 2 is 1.96 bits per heavy atom. The smallest absolute Gasteiger partial charge is 0.274 e. The van der Waals surface area contributed by atoms with Gasteiger partial charge < -0.3 is 5.32 Å². The van der Waals surface area contributed by atoms with Gasteiger partial charge in [-0.05, 0) is 30.7 Å². The van der Waals surface area contributed by atoms with E-state index in [9.17, 15) is 23.3 Å². The van der Waals surface area contributed by atoms with E-state index in [0.29, 0.717) is 11.1 Å². The molecule has 0 spiro atoms. The number of anilines is 1. The Bertz CT molecular complexity index is 928. The quantitative estimate of drug-likeness (QED) is 0.563. The van der Waals surface area contributed by atoms with Crippen molar-refractivity contribution >= 4 is 43.0 Å². The normalized spacial score (nSPS) is 11.1. The van der Waals surface area contributed by atoms with Crippen molar-refractivity contribution in [3.8, 4) is 0 Å². The minimum Gasteiger partial charge on any atom is -0.325 e. The van der Waals surface area contributed by atoms with Crippen LogP contribution in [0.2, 0.25) is 0 Å². The number of nitro groups is 1. The third-order valence-electron chi connectivity index (χ3n) is 3.32. The fraction of sp³-hybridized carbons (Fsp3) is 0.188. The van der Waals surface area contributed by atoms with E-state index in [0.717, 1.165) is 4.47 Å². The van der Waals surface area contributed by atoms with Crippen LogP contribution in [0.1, 0.15) is 11.1 Å². The van der Waals surface area contributed by atoms with Gasteiger partial charge in [0.2, 0.25) is 5.91 Å². The summed E-state index contributed by atoms with van der Waals surface area (Å²) in [5, 5.41) is 13.3. The maximum Gasteiger partial charge on any atom is 0.274 e. The van der Waals surface area contributed by atoms with E-state index in [-0.39, 0.29) is 17.1 Å². The first-order valence-electron chi connectivity index (χ1n) is 7.16. The third-order valence-corrected chi connectivity index (χ3v) is 5.28. The predicted octanol–water partition coefficient (Wildman–Crippen LogP) is 3.22. The van der Waals surface area contributed by atoms with Crippen LogP contribution >= 0.6 is 15.9 Å². The highest BCUT2D eigenvalue weighted by Gasteiger charge is 2.19. The Hall–Kier alpha value is -2.26. The molecular weight excluding hydrogens is 412 g/mol. The molecule has 9 heteroatoms. The van der Waals surface area contributed by atoms with Crippen LogP contribution in [0.25, 0.3) is 0 Å². The molecule has 7 nitrogen and oxygen atoms in total. The second kappa shape index (κ2) is 7.75. The summed E-state index contributed by atoms with van der Waals surface area (Å²) < 4.78 is 25.1. The molecule has 2 aromatic rings. The lowest BCUT2D eigenvalue weighted by Crippen LogP contribution is -2.24. The lowest BCUT2D eigenvalue weighted by Gasteiger charge is -2.08. The zero-order valence-corrected chi connectivity index (χ0v) is 15.6. The summed E-state index contributed by atoms with van der Waals surface area (Å²) in [6, 6.07) is 11.0.